The van der Waals surface area contributed by atoms with Gasteiger partial charge in [0.1, 0.15) is 11.3 Å². The minimum atomic E-state index is -0.668. The summed E-state index contributed by atoms with van der Waals surface area (Å²) in [5, 5.41) is 10.0. The summed E-state index contributed by atoms with van der Waals surface area (Å²) in [4.78, 5) is 3.91. The van der Waals surface area contributed by atoms with Crippen molar-refractivity contribution in [3.05, 3.63) is 38.7 Å². The van der Waals surface area contributed by atoms with Crippen LogP contribution in [0.4, 0.5) is 0 Å². The molecule has 0 aliphatic carbocycles. The van der Waals surface area contributed by atoms with Gasteiger partial charge in [-0.1, -0.05) is 23.8 Å². The summed E-state index contributed by atoms with van der Waals surface area (Å²) < 4.78 is 0.920. The van der Waals surface area contributed by atoms with Crippen molar-refractivity contribution in [1.29, 1.82) is 0 Å². The molecule has 13 heavy (non-hydrogen) atoms. The SMILES string of the molecule is C/C=C/C(O)c1c(I)ccnc1Cl. The van der Waals surface area contributed by atoms with Crippen LogP contribution in [0.3, 0.4) is 0 Å². The number of hydrogen-bond acceptors (Lipinski definition) is 2. The second-order valence-corrected chi connectivity index (χ2v) is 3.99. The molecule has 0 aliphatic rings. The monoisotopic (exact) mass is 309 g/mol. The second-order valence-electron chi connectivity index (χ2n) is 2.47. The Kier molecular flexibility index (Phi) is 4.15. The third kappa shape index (κ3) is 2.65. The van der Waals surface area contributed by atoms with E-state index < -0.39 is 6.10 Å². The molecule has 4 heteroatoms. The Morgan fingerprint density at radius 1 is 1.69 bits per heavy atom. The van der Waals surface area contributed by atoms with Gasteiger partial charge in [-0.25, -0.2) is 4.98 Å². The van der Waals surface area contributed by atoms with Crippen molar-refractivity contribution in [3.8, 4) is 0 Å². The van der Waals surface area contributed by atoms with E-state index in [0.29, 0.717) is 10.7 Å². The molecule has 1 rings (SSSR count). The molecule has 0 fully saturated rings. The first-order chi connectivity index (χ1) is 6.16. The first kappa shape index (κ1) is 10.9. The van der Waals surface area contributed by atoms with Crippen molar-refractivity contribution in [3.63, 3.8) is 0 Å². The molecule has 1 N–H and O–H groups in total. The Labute approximate surface area is 95.8 Å². The summed E-state index contributed by atoms with van der Waals surface area (Å²) in [7, 11) is 0. The van der Waals surface area contributed by atoms with E-state index in [1.165, 1.54) is 0 Å². The molecule has 0 aliphatic heterocycles. The Bertz CT molecular complexity index is 307. The van der Waals surface area contributed by atoms with Gasteiger partial charge in [-0.05, 0) is 35.6 Å². The predicted octanol–water partition coefficient (Wildman–Crippen LogP) is 2.95. The van der Waals surface area contributed by atoms with Gasteiger partial charge in [0.15, 0.2) is 0 Å². The lowest BCUT2D eigenvalue weighted by molar-refractivity contribution is 0.227. The van der Waals surface area contributed by atoms with Crippen molar-refractivity contribution in [2.75, 3.05) is 0 Å². The number of aliphatic hydroxyl groups excluding tert-OH is 1. The summed E-state index contributed by atoms with van der Waals surface area (Å²) in [6, 6.07) is 1.81. The largest absolute Gasteiger partial charge is 0.384 e. The van der Waals surface area contributed by atoms with Crippen molar-refractivity contribution in [1.82, 2.24) is 4.98 Å². The second kappa shape index (κ2) is 4.93. The van der Waals surface area contributed by atoms with Gasteiger partial charge in [0, 0.05) is 15.3 Å². The minimum absolute atomic E-state index is 0.359. The molecular weight excluding hydrogens is 300 g/mol. The molecule has 1 aromatic rings. The highest BCUT2D eigenvalue weighted by atomic mass is 127. The molecule has 1 atom stereocenters. The number of rotatable bonds is 2. The van der Waals surface area contributed by atoms with Gasteiger partial charge in [0.2, 0.25) is 0 Å². The van der Waals surface area contributed by atoms with E-state index in [2.05, 4.69) is 27.6 Å². The fourth-order valence-electron chi connectivity index (χ4n) is 0.968. The summed E-state index contributed by atoms with van der Waals surface area (Å²) in [5.74, 6) is 0. The number of aromatic nitrogens is 1. The topological polar surface area (TPSA) is 33.1 Å². The maximum absolute atomic E-state index is 9.67. The summed E-state index contributed by atoms with van der Waals surface area (Å²) >= 11 is 7.97. The van der Waals surface area contributed by atoms with Gasteiger partial charge in [-0.3, -0.25) is 0 Å². The molecule has 1 heterocycles. The van der Waals surface area contributed by atoms with E-state index >= 15 is 0 Å². The molecule has 0 aromatic carbocycles. The average molecular weight is 310 g/mol. The molecule has 1 unspecified atom stereocenters. The lowest BCUT2D eigenvalue weighted by atomic mass is 10.1. The van der Waals surface area contributed by atoms with Crippen molar-refractivity contribution in [2.45, 2.75) is 13.0 Å². The quantitative estimate of drug-likeness (QED) is 0.518. The van der Waals surface area contributed by atoms with Crippen LogP contribution in [-0.2, 0) is 0 Å². The summed E-state index contributed by atoms with van der Waals surface area (Å²) in [5.41, 5.74) is 0.669. The molecule has 0 saturated carbocycles. The molecule has 0 amide bonds. The first-order valence-corrected chi connectivity index (χ1v) is 5.23. The van der Waals surface area contributed by atoms with Crippen molar-refractivity contribution >= 4 is 34.2 Å². The number of aliphatic hydroxyl groups is 1. The third-order valence-corrected chi connectivity index (χ3v) is 2.80. The zero-order valence-electron chi connectivity index (χ0n) is 7.04. The maximum atomic E-state index is 9.67. The highest BCUT2D eigenvalue weighted by Crippen LogP contribution is 2.26. The van der Waals surface area contributed by atoms with E-state index in [1.807, 2.05) is 13.0 Å². The Hall–Kier alpha value is -0.130. The van der Waals surface area contributed by atoms with Gasteiger partial charge in [0.25, 0.3) is 0 Å². The van der Waals surface area contributed by atoms with Gasteiger partial charge in [-0.2, -0.15) is 0 Å². The number of halogens is 2. The fraction of sp³-hybridized carbons (Fsp3) is 0.222. The zero-order valence-corrected chi connectivity index (χ0v) is 9.95. The van der Waals surface area contributed by atoms with Crippen LogP contribution < -0.4 is 0 Å². The van der Waals surface area contributed by atoms with E-state index in [4.69, 9.17) is 11.6 Å². The van der Waals surface area contributed by atoms with E-state index in [1.54, 1.807) is 18.3 Å². The van der Waals surface area contributed by atoms with E-state index in [9.17, 15) is 5.11 Å². The number of pyridine rings is 1. The van der Waals surface area contributed by atoms with Crippen LogP contribution in [0.25, 0.3) is 0 Å². The molecule has 70 valence electrons. The highest BCUT2D eigenvalue weighted by molar-refractivity contribution is 14.1. The van der Waals surface area contributed by atoms with E-state index in [0.717, 1.165) is 3.57 Å². The van der Waals surface area contributed by atoms with Gasteiger partial charge < -0.3 is 5.11 Å². The molecule has 0 saturated heterocycles. The summed E-state index contributed by atoms with van der Waals surface area (Å²) in [6.07, 6.45) is 4.41. The van der Waals surface area contributed by atoms with Gasteiger partial charge >= 0.3 is 0 Å². The standard InChI is InChI=1S/C9H9ClINO/c1-2-3-7(13)8-6(11)4-5-12-9(8)10/h2-5,7,13H,1H3/b3-2+. The van der Waals surface area contributed by atoms with E-state index in [-0.39, 0.29) is 0 Å². The van der Waals surface area contributed by atoms with Crippen LogP contribution in [0, 0.1) is 3.57 Å². The maximum Gasteiger partial charge on any atom is 0.136 e. The summed E-state index contributed by atoms with van der Waals surface area (Å²) in [6.45, 7) is 1.85. The molecule has 2 nitrogen and oxygen atoms in total. The average Bonchev–Trinajstić information content (AvgIpc) is 2.04. The van der Waals surface area contributed by atoms with Crippen LogP contribution in [0.15, 0.2) is 24.4 Å². The lowest BCUT2D eigenvalue weighted by Crippen LogP contribution is -1.99. The Morgan fingerprint density at radius 3 is 2.92 bits per heavy atom. The van der Waals surface area contributed by atoms with Crippen molar-refractivity contribution < 1.29 is 5.11 Å². The molecule has 1 aromatic heterocycles. The van der Waals surface area contributed by atoms with Crippen LogP contribution in [0.2, 0.25) is 5.15 Å². The van der Waals surface area contributed by atoms with Crippen LogP contribution >= 0.6 is 34.2 Å². The Balaban J connectivity index is 3.12. The Morgan fingerprint density at radius 2 is 2.38 bits per heavy atom. The molecule has 0 bridgehead atoms. The van der Waals surface area contributed by atoms with Crippen LogP contribution in [0.1, 0.15) is 18.6 Å². The fourth-order valence-corrected chi connectivity index (χ4v) is 2.13. The van der Waals surface area contributed by atoms with Gasteiger partial charge in [-0.15, -0.1) is 0 Å². The van der Waals surface area contributed by atoms with Crippen LogP contribution in [0.5, 0.6) is 0 Å². The molecular formula is C9H9ClINO. The number of nitrogens with zero attached hydrogens (tertiary/aromatic N) is 1. The molecule has 0 radical (unpaired) electrons. The third-order valence-electron chi connectivity index (χ3n) is 1.56. The number of allylic oxidation sites excluding steroid dienone is 1. The van der Waals surface area contributed by atoms with Crippen molar-refractivity contribution in [2.24, 2.45) is 0 Å². The number of hydrogen-bond donors (Lipinski definition) is 1. The highest BCUT2D eigenvalue weighted by Gasteiger charge is 2.12. The normalized spacial score (nSPS) is 13.5. The minimum Gasteiger partial charge on any atom is -0.384 e. The zero-order chi connectivity index (χ0) is 9.84. The van der Waals surface area contributed by atoms with Crippen LogP contribution in [-0.4, -0.2) is 10.1 Å². The smallest absolute Gasteiger partial charge is 0.136 e. The molecule has 0 spiro atoms. The first-order valence-electron chi connectivity index (χ1n) is 3.77. The predicted molar refractivity (Wildman–Crippen MR) is 61.7 cm³/mol. The lowest BCUT2D eigenvalue weighted by Gasteiger charge is -2.09. The van der Waals surface area contributed by atoms with Gasteiger partial charge in [0.05, 0.1) is 0 Å².